The molecule has 2 amide bonds. The number of carboxylic acid groups (broad SMARTS) is 1. The summed E-state index contributed by atoms with van der Waals surface area (Å²) < 4.78 is 5.39. The number of likely N-dealkylation sites (N-methyl/N-ethyl adjacent to an activating group) is 1. The highest BCUT2D eigenvalue weighted by Gasteiger charge is 2.35. The van der Waals surface area contributed by atoms with Gasteiger partial charge in [0, 0.05) is 13.6 Å². The van der Waals surface area contributed by atoms with Gasteiger partial charge in [-0.2, -0.15) is 0 Å². The van der Waals surface area contributed by atoms with Crippen molar-refractivity contribution in [3.05, 3.63) is 29.8 Å². The Kier molecular flexibility index (Phi) is 4.54. The number of nitrogens with zero attached hydrogens (tertiary/aromatic N) is 1. The topological polar surface area (TPSA) is 95.9 Å². The molecular formula is C14H16N2O5. The Labute approximate surface area is 121 Å². The third kappa shape index (κ3) is 3.38. The first-order chi connectivity index (χ1) is 10.0. The first-order valence-corrected chi connectivity index (χ1v) is 6.49. The largest absolute Gasteiger partial charge is 0.491 e. The van der Waals surface area contributed by atoms with Crippen molar-refractivity contribution in [2.24, 2.45) is 0 Å². The summed E-state index contributed by atoms with van der Waals surface area (Å²) in [5, 5.41) is 11.9. The van der Waals surface area contributed by atoms with E-state index >= 15 is 0 Å². The van der Waals surface area contributed by atoms with E-state index in [-0.39, 0.29) is 36.2 Å². The highest BCUT2D eigenvalue weighted by molar-refractivity contribution is 6.05. The van der Waals surface area contributed by atoms with Crippen LogP contribution in [0, 0.1) is 0 Å². The smallest absolute Gasteiger partial charge is 0.339 e. The molecule has 1 heterocycles. The lowest BCUT2D eigenvalue weighted by Gasteiger charge is -2.12. The lowest BCUT2D eigenvalue weighted by atomic mass is 10.2. The van der Waals surface area contributed by atoms with Crippen LogP contribution in [0.15, 0.2) is 24.3 Å². The Morgan fingerprint density at radius 3 is 2.76 bits per heavy atom. The summed E-state index contributed by atoms with van der Waals surface area (Å²) in [6.45, 7) is 0.539. The molecule has 0 aliphatic carbocycles. The van der Waals surface area contributed by atoms with Crippen LogP contribution in [0.5, 0.6) is 5.75 Å². The maximum atomic E-state index is 11.6. The molecule has 1 aliphatic heterocycles. The van der Waals surface area contributed by atoms with E-state index in [1.165, 1.54) is 13.1 Å². The van der Waals surface area contributed by atoms with Gasteiger partial charge in [-0.3, -0.25) is 14.5 Å². The van der Waals surface area contributed by atoms with Crippen LogP contribution in [0.25, 0.3) is 0 Å². The van der Waals surface area contributed by atoms with E-state index in [1.807, 2.05) is 0 Å². The fourth-order valence-electron chi connectivity index (χ4n) is 2.08. The van der Waals surface area contributed by atoms with Crippen molar-refractivity contribution in [2.75, 3.05) is 20.2 Å². The second-order valence-corrected chi connectivity index (χ2v) is 4.65. The molecule has 0 spiro atoms. The molecule has 112 valence electrons. The molecule has 2 rings (SSSR count). The molecule has 0 saturated carbocycles. The van der Waals surface area contributed by atoms with Gasteiger partial charge < -0.3 is 15.2 Å². The summed E-state index contributed by atoms with van der Waals surface area (Å²) in [6.07, 6.45) is 0.140. The van der Waals surface area contributed by atoms with E-state index in [9.17, 15) is 14.4 Å². The molecule has 0 radical (unpaired) electrons. The molecule has 7 heteroatoms. The van der Waals surface area contributed by atoms with Crippen LogP contribution in [0.4, 0.5) is 0 Å². The first-order valence-electron chi connectivity index (χ1n) is 6.49. The average Bonchev–Trinajstić information content (AvgIpc) is 2.71. The van der Waals surface area contributed by atoms with Gasteiger partial charge in [0.25, 0.3) is 0 Å². The number of carboxylic acids is 1. The van der Waals surface area contributed by atoms with Gasteiger partial charge in [-0.1, -0.05) is 12.1 Å². The molecular weight excluding hydrogens is 276 g/mol. The van der Waals surface area contributed by atoms with Gasteiger partial charge in [0.2, 0.25) is 11.8 Å². The van der Waals surface area contributed by atoms with Crippen LogP contribution in [-0.2, 0) is 9.59 Å². The molecule has 1 aromatic rings. The summed E-state index contributed by atoms with van der Waals surface area (Å²) >= 11 is 0. The Morgan fingerprint density at radius 1 is 1.43 bits per heavy atom. The number of para-hydroxylation sites is 1. The van der Waals surface area contributed by atoms with Crippen LogP contribution in [-0.4, -0.2) is 54.0 Å². The minimum atomic E-state index is -1.06. The second kappa shape index (κ2) is 6.36. The van der Waals surface area contributed by atoms with E-state index in [1.54, 1.807) is 18.2 Å². The zero-order valence-corrected chi connectivity index (χ0v) is 11.5. The number of nitrogens with one attached hydrogen (secondary N) is 1. The lowest BCUT2D eigenvalue weighted by Crippen LogP contribution is -2.39. The quantitative estimate of drug-likeness (QED) is 0.571. The van der Waals surface area contributed by atoms with Crippen LogP contribution in [0.3, 0.4) is 0 Å². The van der Waals surface area contributed by atoms with Crippen molar-refractivity contribution in [2.45, 2.75) is 12.5 Å². The van der Waals surface area contributed by atoms with Gasteiger partial charge in [0.1, 0.15) is 17.9 Å². The molecule has 2 N–H and O–H groups in total. The molecule has 1 aromatic carbocycles. The zero-order chi connectivity index (χ0) is 15.4. The van der Waals surface area contributed by atoms with E-state index in [2.05, 4.69) is 5.32 Å². The minimum absolute atomic E-state index is 0.0874. The fraction of sp³-hybridized carbons (Fsp3) is 0.357. The number of hydrogen-bond donors (Lipinski definition) is 2. The van der Waals surface area contributed by atoms with Crippen molar-refractivity contribution in [1.29, 1.82) is 0 Å². The molecule has 0 aromatic heterocycles. The second-order valence-electron chi connectivity index (χ2n) is 4.65. The van der Waals surface area contributed by atoms with Crippen molar-refractivity contribution in [1.82, 2.24) is 10.2 Å². The fourth-order valence-corrected chi connectivity index (χ4v) is 2.08. The maximum absolute atomic E-state index is 11.6. The highest BCUT2D eigenvalue weighted by atomic mass is 16.5. The minimum Gasteiger partial charge on any atom is -0.491 e. The number of aromatic carboxylic acids is 1. The summed E-state index contributed by atoms with van der Waals surface area (Å²) in [5.74, 6) is -1.25. The number of benzene rings is 1. The van der Waals surface area contributed by atoms with Crippen LogP contribution >= 0.6 is 0 Å². The average molecular weight is 292 g/mol. The number of hydrogen-bond acceptors (Lipinski definition) is 5. The standard InChI is InChI=1S/C14H16N2O5/c1-16-12(17)8-10(13(16)18)15-6-7-21-11-5-3-2-4-9(11)14(19)20/h2-5,10,15H,6-8H2,1H3,(H,19,20). The normalized spacial score (nSPS) is 18.1. The number of carbonyl (C=O) groups excluding carboxylic acids is 2. The van der Waals surface area contributed by atoms with Gasteiger partial charge in [-0.05, 0) is 12.1 Å². The number of ether oxygens (including phenoxy) is 1. The van der Waals surface area contributed by atoms with Gasteiger partial charge >= 0.3 is 5.97 Å². The number of imide groups is 1. The van der Waals surface area contributed by atoms with E-state index in [0.717, 1.165) is 4.90 Å². The predicted molar refractivity (Wildman–Crippen MR) is 73.1 cm³/mol. The molecule has 1 atom stereocenters. The number of likely N-dealkylation sites (tertiary alicyclic amines) is 1. The summed E-state index contributed by atoms with van der Waals surface area (Å²) in [5.41, 5.74) is 0.0874. The van der Waals surface area contributed by atoms with E-state index in [4.69, 9.17) is 9.84 Å². The summed E-state index contributed by atoms with van der Waals surface area (Å²) in [7, 11) is 1.45. The van der Waals surface area contributed by atoms with Crippen molar-refractivity contribution in [3.8, 4) is 5.75 Å². The summed E-state index contributed by atoms with van der Waals surface area (Å²) in [4.78, 5) is 35.1. The van der Waals surface area contributed by atoms with Gasteiger partial charge in [-0.25, -0.2) is 4.79 Å². The Bertz CT molecular complexity index is 572. The highest BCUT2D eigenvalue weighted by Crippen LogP contribution is 2.17. The number of carbonyl (C=O) groups is 3. The van der Waals surface area contributed by atoms with E-state index in [0.29, 0.717) is 6.54 Å². The Morgan fingerprint density at radius 2 is 2.14 bits per heavy atom. The molecule has 0 bridgehead atoms. The van der Waals surface area contributed by atoms with E-state index < -0.39 is 12.0 Å². The monoisotopic (exact) mass is 292 g/mol. The molecule has 21 heavy (non-hydrogen) atoms. The van der Waals surface area contributed by atoms with Crippen LogP contribution in [0.1, 0.15) is 16.8 Å². The summed E-state index contributed by atoms with van der Waals surface area (Å²) in [6, 6.07) is 5.80. The third-order valence-corrected chi connectivity index (χ3v) is 3.25. The Hall–Kier alpha value is -2.41. The predicted octanol–water partition coefficient (Wildman–Crippen LogP) is 0.110. The first kappa shape index (κ1) is 15.0. The third-order valence-electron chi connectivity index (χ3n) is 3.25. The van der Waals surface area contributed by atoms with Gasteiger partial charge in [0.05, 0.1) is 12.5 Å². The SMILES string of the molecule is CN1C(=O)CC(NCCOc2ccccc2C(=O)O)C1=O. The number of amides is 2. The van der Waals surface area contributed by atoms with Crippen molar-refractivity contribution < 1.29 is 24.2 Å². The molecule has 1 saturated heterocycles. The van der Waals surface area contributed by atoms with Crippen molar-refractivity contribution in [3.63, 3.8) is 0 Å². The van der Waals surface area contributed by atoms with Crippen LogP contribution in [0.2, 0.25) is 0 Å². The molecule has 1 aliphatic rings. The maximum Gasteiger partial charge on any atom is 0.339 e. The molecule has 1 unspecified atom stereocenters. The lowest BCUT2D eigenvalue weighted by molar-refractivity contribution is -0.137. The van der Waals surface area contributed by atoms with Gasteiger partial charge in [0.15, 0.2) is 0 Å². The van der Waals surface area contributed by atoms with Crippen LogP contribution < -0.4 is 10.1 Å². The van der Waals surface area contributed by atoms with Crippen molar-refractivity contribution >= 4 is 17.8 Å². The Balaban J connectivity index is 1.82. The number of rotatable bonds is 6. The zero-order valence-electron chi connectivity index (χ0n) is 11.5. The molecule has 1 fully saturated rings. The molecule has 7 nitrogen and oxygen atoms in total. The van der Waals surface area contributed by atoms with Gasteiger partial charge in [-0.15, -0.1) is 0 Å².